The van der Waals surface area contributed by atoms with Crippen LogP contribution in [-0.4, -0.2) is 19.5 Å². The number of hydrogen-bond acceptors (Lipinski definition) is 5. The third kappa shape index (κ3) is 5.64. The second-order valence-electron chi connectivity index (χ2n) is 16.7. The minimum Gasteiger partial charge on any atom is -0.309 e. The van der Waals surface area contributed by atoms with Gasteiger partial charge in [0.2, 0.25) is 0 Å². The molecule has 0 bridgehead atoms. The maximum Gasteiger partial charge on any atom is 0.164 e. The predicted octanol–water partition coefficient (Wildman–Crippen LogP) is 16.7. The Morgan fingerprint density at radius 1 is 0.308 bits per heavy atom. The second-order valence-corrected chi connectivity index (χ2v) is 18.9. The zero-order chi connectivity index (χ0) is 42.6. The van der Waals surface area contributed by atoms with E-state index in [0.29, 0.717) is 17.5 Å². The molecular formula is C59H34N4S2. The molecule has 10 aromatic carbocycles. The zero-order valence-corrected chi connectivity index (χ0v) is 36.4. The lowest BCUT2D eigenvalue weighted by atomic mass is 9.94. The highest BCUT2D eigenvalue weighted by molar-refractivity contribution is 7.26. The molecule has 14 aromatic rings. The lowest BCUT2D eigenvalue weighted by Gasteiger charge is -2.17. The molecule has 0 aliphatic carbocycles. The van der Waals surface area contributed by atoms with Crippen molar-refractivity contribution in [3.05, 3.63) is 206 Å². The zero-order valence-electron chi connectivity index (χ0n) is 34.7. The molecule has 0 atom stereocenters. The van der Waals surface area contributed by atoms with Gasteiger partial charge in [-0.3, -0.25) is 0 Å². The Hall–Kier alpha value is -8.03. The van der Waals surface area contributed by atoms with Crippen LogP contribution in [0.15, 0.2) is 206 Å². The molecule has 14 rings (SSSR count). The third-order valence-corrected chi connectivity index (χ3v) is 15.3. The summed E-state index contributed by atoms with van der Waals surface area (Å²) in [4.78, 5) is 16.0. The summed E-state index contributed by atoms with van der Waals surface area (Å²) in [5, 5.41) is 12.3. The van der Waals surface area contributed by atoms with Crippen molar-refractivity contribution in [1.29, 1.82) is 0 Å². The van der Waals surface area contributed by atoms with Crippen LogP contribution in [0.5, 0.6) is 0 Å². The Bertz CT molecular complexity index is 4250. The average Bonchev–Trinajstić information content (AvgIpc) is 4.05. The molecule has 0 aliphatic heterocycles. The minimum absolute atomic E-state index is 0.624. The van der Waals surface area contributed by atoms with Gasteiger partial charge in [0.1, 0.15) is 0 Å². The van der Waals surface area contributed by atoms with E-state index in [0.717, 1.165) is 39.0 Å². The summed E-state index contributed by atoms with van der Waals surface area (Å²) in [6.45, 7) is 0. The van der Waals surface area contributed by atoms with E-state index in [1.807, 2.05) is 29.5 Å². The maximum atomic E-state index is 5.42. The van der Waals surface area contributed by atoms with Crippen molar-refractivity contribution in [3.8, 4) is 51.0 Å². The Morgan fingerprint density at radius 2 is 0.923 bits per heavy atom. The van der Waals surface area contributed by atoms with E-state index in [-0.39, 0.29) is 0 Å². The molecule has 4 aromatic heterocycles. The fourth-order valence-electron chi connectivity index (χ4n) is 10.1. The van der Waals surface area contributed by atoms with Gasteiger partial charge in [0.15, 0.2) is 17.5 Å². The molecule has 0 spiro atoms. The molecule has 0 amide bonds. The number of rotatable bonds is 5. The molecule has 4 nitrogen and oxygen atoms in total. The first kappa shape index (κ1) is 36.5. The quantitative estimate of drug-likeness (QED) is 0.173. The van der Waals surface area contributed by atoms with Crippen molar-refractivity contribution < 1.29 is 0 Å². The number of benzene rings is 10. The van der Waals surface area contributed by atoms with Gasteiger partial charge in [0, 0.05) is 73.4 Å². The molecule has 0 radical (unpaired) electrons. The molecule has 0 N–H and O–H groups in total. The number of para-hydroxylation sites is 1. The van der Waals surface area contributed by atoms with Crippen LogP contribution < -0.4 is 0 Å². The summed E-state index contributed by atoms with van der Waals surface area (Å²) < 4.78 is 7.45. The summed E-state index contributed by atoms with van der Waals surface area (Å²) in [6, 6.07) is 74.5. The van der Waals surface area contributed by atoms with Crippen LogP contribution in [0.2, 0.25) is 0 Å². The van der Waals surface area contributed by atoms with Gasteiger partial charge >= 0.3 is 0 Å². The van der Waals surface area contributed by atoms with E-state index >= 15 is 0 Å². The Morgan fingerprint density at radius 3 is 1.77 bits per heavy atom. The van der Waals surface area contributed by atoms with E-state index in [4.69, 9.17) is 15.0 Å². The normalized spacial score (nSPS) is 12.0. The Kier molecular flexibility index (Phi) is 7.99. The number of fused-ring (bicyclic) bond motifs is 12. The highest BCUT2D eigenvalue weighted by atomic mass is 32.1. The molecule has 4 heterocycles. The highest BCUT2D eigenvalue weighted by Gasteiger charge is 2.23. The Balaban J connectivity index is 1.09. The molecule has 0 unspecified atom stereocenters. The van der Waals surface area contributed by atoms with Gasteiger partial charge in [0.05, 0.1) is 16.7 Å². The topological polar surface area (TPSA) is 43.6 Å². The van der Waals surface area contributed by atoms with Crippen molar-refractivity contribution in [3.63, 3.8) is 0 Å². The smallest absolute Gasteiger partial charge is 0.164 e. The van der Waals surface area contributed by atoms with Crippen LogP contribution in [0.3, 0.4) is 0 Å². The fourth-order valence-corrected chi connectivity index (χ4v) is 12.4. The predicted molar refractivity (Wildman–Crippen MR) is 277 cm³/mol. The summed E-state index contributed by atoms with van der Waals surface area (Å²) in [5.41, 5.74) is 8.54. The molecular weight excluding hydrogens is 829 g/mol. The summed E-state index contributed by atoms with van der Waals surface area (Å²) in [7, 11) is 0. The summed E-state index contributed by atoms with van der Waals surface area (Å²) >= 11 is 3.66. The van der Waals surface area contributed by atoms with Crippen molar-refractivity contribution in [1.82, 2.24) is 19.5 Å². The molecule has 0 saturated heterocycles. The van der Waals surface area contributed by atoms with Crippen molar-refractivity contribution >= 4 is 106 Å². The number of aromatic nitrogens is 4. The van der Waals surface area contributed by atoms with Gasteiger partial charge in [-0.1, -0.05) is 146 Å². The molecule has 6 heteroatoms. The third-order valence-electron chi connectivity index (χ3n) is 13.0. The fraction of sp³-hybridized carbons (Fsp3) is 0. The highest BCUT2D eigenvalue weighted by Crippen LogP contribution is 2.47. The lowest BCUT2D eigenvalue weighted by Crippen LogP contribution is -2.02. The first-order valence-corrected chi connectivity index (χ1v) is 23.5. The van der Waals surface area contributed by atoms with E-state index in [1.165, 1.54) is 78.2 Å². The van der Waals surface area contributed by atoms with Crippen molar-refractivity contribution in [2.75, 3.05) is 0 Å². The minimum atomic E-state index is 0.624. The van der Waals surface area contributed by atoms with Crippen LogP contribution in [0.4, 0.5) is 0 Å². The lowest BCUT2D eigenvalue weighted by molar-refractivity contribution is 1.08. The number of hydrogen-bond donors (Lipinski definition) is 0. The van der Waals surface area contributed by atoms with Gasteiger partial charge in [-0.25, -0.2) is 15.0 Å². The van der Waals surface area contributed by atoms with Crippen LogP contribution in [-0.2, 0) is 0 Å². The molecule has 65 heavy (non-hydrogen) atoms. The molecule has 0 aliphatic rings. The second kappa shape index (κ2) is 14.2. The van der Waals surface area contributed by atoms with Crippen LogP contribution in [0.25, 0.3) is 135 Å². The number of thiophene rings is 2. The largest absolute Gasteiger partial charge is 0.309 e. The van der Waals surface area contributed by atoms with E-state index in [9.17, 15) is 0 Å². The van der Waals surface area contributed by atoms with Gasteiger partial charge in [0.25, 0.3) is 0 Å². The van der Waals surface area contributed by atoms with Gasteiger partial charge in [-0.05, 0) is 87.8 Å². The first-order chi connectivity index (χ1) is 32.2. The van der Waals surface area contributed by atoms with E-state index in [2.05, 4.69) is 193 Å². The van der Waals surface area contributed by atoms with Crippen LogP contribution in [0, 0.1) is 0 Å². The van der Waals surface area contributed by atoms with Gasteiger partial charge in [-0.15, -0.1) is 22.7 Å². The Labute approximate surface area is 381 Å². The molecule has 0 fully saturated rings. The van der Waals surface area contributed by atoms with Gasteiger partial charge in [-0.2, -0.15) is 0 Å². The standard InChI is InChI=1S/C59H34N4S2/c1-2-15-36(16-3-1)57-60-58(62-59(61-57)44-23-13-26-51-54(44)43-21-9-11-25-50(43)64-51)39-28-30-48(63-47-24-10-8-20-41(47)45-32-37-17-4-5-18-38(37)34-49(45)63)46(33-39)42-22-12-27-52-56(42)55-40-19-7-6-14-35(40)29-31-53(55)65-52/h1-34H. The first-order valence-electron chi connectivity index (χ1n) is 21.8. The monoisotopic (exact) mass is 862 g/mol. The average molecular weight is 863 g/mol. The molecule has 302 valence electrons. The van der Waals surface area contributed by atoms with Crippen LogP contribution >= 0.6 is 22.7 Å². The summed E-state index contributed by atoms with van der Waals surface area (Å²) in [5.74, 6) is 1.92. The summed E-state index contributed by atoms with van der Waals surface area (Å²) in [6.07, 6.45) is 0. The molecule has 0 saturated carbocycles. The van der Waals surface area contributed by atoms with Crippen LogP contribution in [0.1, 0.15) is 0 Å². The van der Waals surface area contributed by atoms with Crippen molar-refractivity contribution in [2.45, 2.75) is 0 Å². The maximum absolute atomic E-state index is 5.42. The van der Waals surface area contributed by atoms with Gasteiger partial charge < -0.3 is 4.57 Å². The van der Waals surface area contributed by atoms with E-state index < -0.39 is 0 Å². The number of nitrogens with zero attached hydrogens (tertiary/aromatic N) is 4. The van der Waals surface area contributed by atoms with E-state index in [1.54, 1.807) is 11.3 Å². The SMILES string of the molecule is c1ccc(-c2nc(-c3ccc(-n4c5ccccc5c5cc6ccccc6cc54)c(-c4cccc5sc6ccc7ccccc7c6c45)c3)nc(-c3cccc4sc5ccccc5c34)n2)cc1. The van der Waals surface area contributed by atoms with Crippen molar-refractivity contribution in [2.24, 2.45) is 0 Å².